The van der Waals surface area contributed by atoms with Gasteiger partial charge >= 0.3 is 0 Å². The number of amides is 3. The fourth-order valence-corrected chi connectivity index (χ4v) is 2.44. The maximum atomic E-state index is 12.1. The van der Waals surface area contributed by atoms with Crippen molar-refractivity contribution in [2.45, 2.75) is 19.8 Å². The number of carbonyl (C=O) groups excluding carboxylic acids is 3. The molecule has 8 nitrogen and oxygen atoms in total. The van der Waals surface area contributed by atoms with Crippen LogP contribution in [0.2, 0.25) is 0 Å². The number of hydrogen-bond acceptors (Lipinski definition) is 4. The van der Waals surface area contributed by atoms with E-state index in [9.17, 15) is 14.4 Å². The van der Waals surface area contributed by atoms with Crippen LogP contribution >= 0.6 is 0 Å². The summed E-state index contributed by atoms with van der Waals surface area (Å²) in [7, 11) is 1.75. The van der Waals surface area contributed by atoms with Gasteiger partial charge in [0.15, 0.2) is 0 Å². The van der Waals surface area contributed by atoms with Crippen LogP contribution in [0.15, 0.2) is 6.07 Å². The third-order valence-electron chi connectivity index (χ3n) is 4.00. The lowest BCUT2D eigenvalue weighted by Crippen LogP contribution is -2.45. The topological polar surface area (TPSA) is 110 Å². The predicted molar refractivity (Wildman–Crippen MR) is 78.8 cm³/mol. The van der Waals surface area contributed by atoms with Crippen molar-refractivity contribution < 1.29 is 14.4 Å². The van der Waals surface area contributed by atoms with Crippen molar-refractivity contribution in [2.75, 3.05) is 19.6 Å². The molecule has 0 unspecified atom stereocenters. The quantitative estimate of drug-likeness (QED) is 0.757. The number of hydrogen-bond donors (Lipinski definition) is 2. The molecule has 0 atom stereocenters. The van der Waals surface area contributed by atoms with Crippen LogP contribution in [0.3, 0.4) is 0 Å². The van der Waals surface area contributed by atoms with Crippen LogP contribution in [0.1, 0.15) is 29.0 Å². The number of nitrogens with two attached hydrogens (primary N) is 1. The third kappa shape index (κ3) is 3.63. The molecular formula is C14H21N5O3. The zero-order chi connectivity index (χ0) is 16.3. The Morgan fingerprint density at radius 1 is 1.36 bits per heavy atom. The highest BCUT2D eigenvalue weighted by Crippen LogP contribution is 2.16. The second kappa shape index (κ2) is 6.59. The number of aromatic nitrogens is 2. The second-order valence-electron chi connectivity index (χ2n) is 5.53. The Balaban J connectivity index is 1.81. The first-order valence-electron chi connectivity index (χ1n) is 7.24. The monoisotopic (exact) mass is 307 g/mol. The maximum Gasteiger partial charge on any atom is 0.272 e. The van der Waals surface area contributed by atoms with Crippen molar-refractivity contribution in [2.24, 2.45) is 18.7 Å². The molecule has 3 N–H and O–H groups in total. The molecule has 1 aromatic rings. The minimum absolute atomic E-state index is 0.0737. The van der Waals surface area contributed by atoms with Crippen molar-refractivity contribution in [3.63, 3.8) is 0 Å². The van der Waals surface area contributed by atoms with Crippen LogP contribution in [-0.4, -0.2) is 52.0 Å². The molecule has 8 heteroatoms. The van der Waals surface area contributed by atoms with Gasteiger partial charge in [-0.2, -0.15) is 5.10 Å². The Kier molecular flexibility index (Phi) is 4.79. The standard InChI is InChI=1S/C14H21N5O3/c1-9-7-11(17-18(9)2)14(22)16-8-12(20)19-5-3-10(4-6-19)13(15)21/h7,10H,3-6,8H2,1-2H3,(H2,15,21)(H,16,22). The highest BCUT2D eigenvalue weighted by atomic mass is 16.2. The van der Waals surface area contributed by atoms with Gasteiger partial charge in [0.25, 0.3) is 5.91 Å². The van der Waals surface area contributed by atoms with Crippen LogP contribution in [0, 0.1) is 12.8 Å². The molecule has 0 aliphatic carbocycles. The molecule has 1 aliphatic heterocycles. The zero-order valence-electron chi connectivity index (χ0n) is 12.8. The van der Waals surface area contributed by atoms with Gasteiger partial charge in [-0.15, -0.1) is 0 Å². The molecule has 0 spiro atoms. The van der Waals surface area contributed by atoms with E-state index in [1.807, 2.05) is 6.92 Å². The van der Waals surface area contributed by atoms with Crippen LogP contribution in [0.4, 0.5) is 0 Å². The van der Waals surface area contributed by atoms with E-state index in [0.29, 0.717) is 31.6 Å². The Bertz CT molecular complexity index is 568. The largest absolute Gasteiger partial charge is 0.369 e. The van der Waals surface area contributed by atoms with Gasteiger partial charge in [-0.25, -0.2) is 0 Å². The molecule has 0 radical (unpaired) electrons. The molecule has 22 heavy (non-hydrogen) atoms. The first-order chi connectivity index (χ1) is 10.4. The van der Waals surface area contributed by atoms with Gasteiger partial charge in [0.2, 0.25) is 11.8 Å². The average Bonchev–Trinajstić information content (AvgIpc) is 2.84. The van der Waals surface area contributed by atoms with Gasteiger partial charge in [0.1, 0.15) is 5.69 Å². The fourth-order valence-electron chi connectivity index (χ4n) is 2.44. The van der Waals surface area contributed by atoms with E-state index in [1.165, 1.54) is 0 Å². The summed E-state index contributed by atoms with van der Waals surface area (Å²) in [6.45, 7) is 2.75. The molecule has 1 fully saturated rings. The molecular weight excluding hydrogens is 286 g/mol. The summed E-state index contributed by atoms with van der Waals surface area (Å²) in [5.41, 5.74) is 6.42. The number of carbonyl (C=O) groups is 3. The summed E-state index contributed by atoms with van der Waals surface area (Å²) in [5.74, 6) is -1.01. The molecule has 0 saturated carbocycles. The minimum Gasteiger partial charge on any atom is -0.369 e. The van der Waals surface area contributed by atoms with E-state index in [0.717, 1.165) is 5.69 Å². The maximum absolute atomic E-state index is 12.1. The number of nitrogens with zero attached hydrogens (tertiary/aromatic N) is 3. The number of rotatable bonds is 4. The summed E-state index contributed by atoms with van der Waals surface area (Å²) < 4.78 is 1.60. The van der Waals surface area contributed by atoms with E-state index >= 15 is 0 Å². The molecule has 2 rings (SSSR count). The van der Waals surface area contributed by atoms with Gasteiger partial charge in [-0.3, -0.25) is 19.1 Å². The second-order valence-corrected chi connectivity index (χ2v) is 5.53. The highest BCUT2D eigenvalue weighted by Gasteiger charge is 2.26. The number of primary amides is 1. The minimum atomic E-state index is -0.371. The van der Waals surface area contributed by atoms with E-state index < -0.39 is 0 Å². The number of aryl methyl sites for hydroxylation is 2. The molecule has 3 amide bonds. The van der Waals surface area contributed by atoms with Gasteiger partial charge < -0.3 is 16.0 Å². The molecule has 0 aromatic carbocycles. The van der Waals surface area contributed by atoms with Gasteiger partial charge in [0, 0.05) is 31.7 Å². The van der Waals surface area contributed by atoms with Crippen molar-refractivity contribution in [1.29, 1.82) is 0 Å². The number of piperidine rings is 1. The molecule has 2 heterocycles. The number of nitrogens with one attached hydrogen (secondary N) is 1. The van der Waals surface area contributed by atoms with Gasteiger partial charge in [-0.05, 0) is 25.8 Å². The van der Waals surface area contributed by atoms with Crippen LogP contribution in [0.5, 0.6) is 0 Å². The van der Waals surface area contributed by atoms with Crippen molar-refractivity contribution in [3.05, 3.63) is 17.5 Å². The Hall–Kier alpha value is -2.38. The highest BCUT2D eigenvalue weighted by molar-refractivity contribution is 5.95. The normalized spacial score (nSPS) is 15.6. The number of likely N-dealkylation sites (tertiary alicyclic amines) is 1. The van der Waals surface area contributed by atoms with Crippen LogP contribution in [0.25, 0.3) is 0 Å². The summed E-state index contributed by atoms with van der Waals surface area (Å²) >= 11 is 0. The average molecular weight is 307 g/mol. The van der Waals surface area contributed by atoms with E-state index in [1.54, 1.807) is 22.7 Å². The summed E-state index contributed by atoms with van der Waals surface area (Å²) in [5, 5.41) is 6.63. The lowest BCUT2D eigenvalue weighted by molar-refractivity contribution is -0.133. The first kappa shape index (κ1) is 16.0. The molecule has 1 aliphatic rings. The Morgan fingerprint density at radius 3 is 2.50 bits per heavy atom. The Morgan fingerprint density at radius 2 is 2.00 bits per heavy atom. The predicted octanol–water partition coefficient (Wildman–Crippen LogP) is -0.818. The summed E-state index contributed by atoms with van der Waals surface area (Å²) in [4.78, 5) is 36.7. The van der Waals surface area contributed by atoms with E-state index in [2.05, 4.69) is 10.4 Å². The lowest BCUT2D eigenvalue weighted by Gasteiger charge is -2.30. The summed E-state index contributed by atoms with van der Waals surface area (Å²) in [6.07, 6.45) is 1.16. The SMILES string of the molecule is Cc1cc(C(=O)NCC(=O)N2CCC(C(N)=O)CC2)nn1C. The van der Waals surface area contributed by atoms with Crippen LogP contribution < -0.4 is 11.1 Å². The van der Waals surface area contributed by atoms with E-state index in [4.69, 9.17) is 5.73 Å². The smallest absolute Gasteiger partial charge is 0.272 e. The third-order valence-corrected chi connectivity index (χ3v) is 4.00. The molecule has 0 bridgehead atoms. The van der Waals surface area contributed by atoms with Crippen molar-refractivity contribution in [1.82, 2.24) is 20.0 Å². The molecule has 120 valence electrons. The van der Waals surface area contributed by atoms with E-state index in [-0.39, 0.29) is 30.2 Å². The van der Waals surface area contributed by atoms with Gasteiger partial charge in [-0.1, -0.05) is 0 Å². The molecule has 1 aromatic heterocycles. The summed E-state index contributed by atoms with van der Waals surface area (Å²) in [6, 6.07) is 1.66. The van der Waals surface area contributed by atoms with Gasteiger partial charge in [0.05, 0.1) is 6.54 Å². The van der Waals surface area contributed by atoms with Crippen LogP contribution in [-0.2, 0) is 16.6 Å². The first-order valence-corrected chi connectivity index (χ1v) is 7.24. The lowest BCUT2D eigenvalue weighted by atomic mass is 9.96. The van der Waals surface area contributed by atoms with Crippen molar-refractivity contribution >= 4 is 17.7 Å². The zero-order valence-corrected chi connectivity index (χ0v) is 12.8. The Labute approximate surface area is 128 Å². The fraction of sp³-hybridized carbons (Fsp3) is 0.571. The van der Waals surface area contributed by atoms with Crippen molar-refractivity contribution in [3.8, 4) is 0 Å². The molecule has 1 saturated heterocycles.